The molecule has 38 heavy (non-hydrogen) atoms. The van der Waals surface area contributed by atoms with Gasteiger partial charge >= 0.3 is 5.97 Å². The van der Waals surface area contributed by atoms with Crippen molar-refractivity contribution in [1.82, 2.24) is 5.43 Å². The molecule has 3 aromatic carbocycles. The molecular weight excluding hydrogens is 548 g/mol. The van der Waals surface area contributed by atoms with Gasteiger partial charge in [0.15, 0.2) is 18.1 Å². The van der Waals surface area contributed by atoms with Crippen LogP contribution in [0.3, 0.4) is 0 Å². The number of benzene rings is 3. The predicted molar refractivity (Wildman–Crippen MR) is 151 cm³/mol. The number of rotatable bonds is 11. The van der Waals surface area contributed by atoms with Crippen molar-refractivity contribution in [1.29, 1.82) is 0 Å². The van der Waals surface area contributed by atoms with E-state index >= 15 is 0 Å². The van der Waals surface area contributed by atoms with Crippen molar-refractivity contribution in [3.05, 3.63) is 87.9 Å². The topological polar surface area (TPSA) is 106 Å². The highest BCUT2D eigenvalue weighted by molar-refractivity contribution is 8.19. The van der Waals surface area contributed by atoms with E-state index in [9.17, 15) is 9.59 Å². The SMILES string of the molecule is COc1cc(/C=N\NC(=O)COc2ccc(C3SCCS3)cc2)cc(Cl)c1OCc1cccc(C(=O)O)c1. The number of carbonyl (C=O) groups is 2. The van der Waals surface area contributed by atoms with Crippen molar-refractivity contribution >= 4 is 53.2 Å². The summed E-state index contributed by atoms with van der Waals surface area (Å²) in [6, 6.07) is 17.5. The van der Waals surface area contributed by atoms with Crippen LogP contribution in [0.25, 0.3) is 0 Å². The molecule has 2 N–H and O–H groups in total. The lowest BCUT2D eigenvalue weighted by Crippen LogP contribution is -2.24. The van der Waals surface area contributed by atoms with Crippen LogP contribution in [-0.4, -0.2) is 48.4 Å². The highest BCUT2D eigenvalue weighted by Crippen LogP contribution is 2.45. The quantitative estimate of drug-likeness (QED) is 0.225. The summed E-state index contributed by atoms with van der Waals surface area (Å²) in [5, 5.41) is 13.4. The number of methoxy groups -OCH3 is 1. The van der Waals surface area contributed by atoms with Gasteiger partial charge in [0.05, 0.1) is 28.5 Å². The number of carbonyl (C=O) groups excluding carboxylic acids is 1. The van der Waals surface area contributed by atoms with E-state index in [1.54, 1.807) is 24.3 Å². The lowest BCUT2D eigenvalue weighted by Gasteiger charge is -2.13. The number of hydrogen-bond donors (Lipinski definition) is 2. The van der Waals surface area contributed by atoms with Crippen LogP contribution >= 0.6 is 35.1 Å². The number of nitrogens with one attached hydrogen (secondary N) is 1. The van der Waals surface area contributed by atoms with E-state index in [1.165, 1.54) is 31.0 Å². The molecule has 198 valence electrons. The number of carboxylic acids is 1. The number of amides is 1. The first-order valence-corrected chi connectivity index (χ1v) is 14.0. The van der Waals surface area contributed by atoms with Gasteiger partial charge in [-0.25, -0.2) is 10.2 Å². The second-order valence-corrected chi connectivity index (χ2v) is 11.2. The highest BCUT2D eigenvalue weighted by Gasteiger charge is 2.18. The molecular formula is C27H25ClN2O6S2. The van der Waals surface area contributed by atoms with Crippen molar-refractivity contribution in [3.63, 3.8) is 0 Å². The molecule has 0 radical (unpaired) electrons. The zero-order chi connectivity index (χ0) is 26.9. The average Bonchev–Trinajstić information content (AvgIpc) is 3.46. The van der Waals surface area contributed by atoms with E-state index in [4.69, 9.17) is 30.9 Å². The Morgan fingerprint density at radius 1 is 1.11 bits per heavy atom. The summed E-state index contributed by atoms with van der Waals surface area (Å²) >= 11 is 10.3. The fourth-order valence-corrected chi connectivity index (χ4v) is 6.67. The normalized spacial score (nSPS) is 13.4. The molecule has 1 heterocycles. The van der Waals surface area contributed by atoms with Gasteiger partial charge in [0.25, 0.3) is 5.91 Å². The van der Waals surface area contributed by atoms with E-state index in [2.05, 4.69) is 10.5 Å². The smallest absolute Gasteiger partial charge is 0.335 e. The number of thioether (sulfide) groups is 2. The molecule has 1 amide bonds. The maximum Gasteiger partial charge on any atom is 0.335 e. The molecule has 0 bridgehead atoms. The van der Waals surface area contributed by atoms with Crippen LogP contribution in [0, 0.1) is 0 Å². The molecule has 0 atom stereocenters. The van der Waals surface area contributed by atoms with Crippen LogP contribution in [0.4, 0.5) is 0 Å². The fraction of sp³-hybridized carbons (Fsp3) is 0.222. The Morgan fingerprint density at radius 2 is 1.87 bits per heavy atom. The Labute approximate surface area is 233 Å². The van der Waals surface area contributed by atoms with Crippen molar-refractivity contribution in [2.45, 2.75) is 11.2 Å². The zero-order valence-corrected chi connectivity index (χ0v) is 22.8. The average molecular weight is 573 g/mol. The van der Waals surface area contributed by atoms with Gasteiger partial charge in [-0.1, -0.05) is 35.9 Å². The molecule has 11 heteroatoms. The molecule has 1 aliphatic rings. The van der Waals surface area contributed by atoms with Crippen LogP contribution in [0.5, 0.6) is 17.2 Å². The molecule has 8 nitrogen and oxygen atoms in total. The summed E-state index contributed by atoms with van der Waals surface area (Å²) < 4.78 is 17.2. The number of aromatic carboxylic acids is 1. The minimum Gasteiger partial charge on any atom is -0.493 e. The van der Waals surface area contributed by atoms with Crippen LogP contribution in [-0.2, 0) is 11.4 Å². The Hall–Kier alpha value is -3.34. The predicted octanol–water partition coefficient (Wildman–Crippen LogP) is 5.63. The van der Waals surface area contributed by atoms with Gasteiger partial charge < -0.3 is 19.3 Å². The molecule has 0 saturated carbocycles. The van der Waals surface area contributed by atoms with Crippen molar-refractivity contribution in [3.8, 4) is 17.2 Å². The standard InChI is InChI=1S/C27H25ClN2O6S2/c1-34-23-13-18(12-22(28)25(23)36-15-17-3-2-4-20(11-17)26(32)33)14-29-30-24(31)16-35-21-7-5-19(6-8-21)27-37-9-10-38-27/h2-8,11-14,27H,9-10,15-16H2,1H3,(H,30,31)(H,32,33)/b29-14-. The van der Waals surface area contributed by atoms with E-state index in [0.717, 1.165) is 11.5 Å². The monoisotopic (exact) mass is 572 g/mol. The molecule has 0 unspecified atom stereocenters. The van der Waals surface area contributed by atoms with Crippen LogP contribution in [0.15, 0.2) is 65.8 Å². The van der Waals surface area contributed by atoms with Crippen LogP contribution in [0.1, 0.15) is 31.6 Å². The summed E-state index contributed by atoms with van der Waals surface area (Å²) in [4.78, 5) is 23.3. The first-order chi connectivity index (χ1) is 18.4. The van der Waals surface area contributed by atoms with Gasteiger partial charge in [0.2, 0.25) is 0 Å². The largest absolute Gasteiger partial charge is 0.493 e. The third-order valence-corrected chi connectivity index (χ3v) is 8.74. The second kappa shape index (κ2) is 13.5. The molecule has 0 aliphatic carbocycles. The maximum atomic E-state index is 12.1. The van der Waals surface area contributed by atoms with Gasteiger partial charge in [0, 0.05) is 11.5 Å². The minimum absolute atomic E-state index is 0.0991. The highest BCUT2D eigenvalue weighted by atomic mass is 35.5. The van der Waals surface area contributed by atoms with E-state index in [-0.39, 0.29) is 23.8 Å². The Bertz CT molecular complexity index is 1310. The molecule has 3 aromatic rings. The van der Waals surface area contributed by atoms with Gasteiger partial charge in [0.1, 0.15) is 12.4 Å². The summed E-state index contributed by atoms with van der Waals surface area (Å²) in [5.41, 5.74) is 5.08. The van der Waals surface area contributed by atoms with Gasteiger partial charge in [-0.15, -0.1) is 23.5 Å². The van der Waals surface area contributed by atoms with E-state index < -0.39 is 11.9 Å². The lowest BCUT2D eigenvalue weighted by atomic mass is 10.1. The summed E-state index contributed by atoms with van der Waals surface area (Å²) in [6.07, 6.45) is 1.43. The minimum atomic E-state index is -1.02. The number of ether oxygens (including phenoxy) is 3. The summed E-state index contributed by atoms with van der Waals surface area (Å²) in [7, 11) is 1.47. The number of carboxylic acid groups (broad SMARTS) is 1. The zero-order valence-electron chi connectivity index (χ0n) is 20.4. The summed E-state index contributed by atoms with van der Waals surface area (Å²) in [5.74, 6) is 2.18. The molecule has 1 fully saturated rings. The second-order valence-electron chi connectivity index (χ2n) is 8.05. The van der Waals surface area contributed by atoms with Crippen molar-refractivity contribution in [2.24, 2.45) is 5.10 Å². The third-order valence-electron chi connectivity index (χ3n) is 5.36. The lowest BCUT2D eigenvalue weighted by molar-refractivity contribution is -0.123. The van der Waals surface area contributed by atoms with Crippen LogP contribution in [0.2, 0.25) is 5.02 Å². The van der Waals surface area contributed by atoms with E-state index in [0.29, 0.717) is 33.0 Å². The van der Waals surface area contributed by atoms with E-state index in [1.807, 2.05) is 47.8 Å². The van der Waals surface area contributed by atoms with Gasteiger partial charge in [-0.3, -0.25) is 4.79 Å². The number of hydrazone groups is 1. The first-order valence-electron chi connectivity index (χ1n) is 11.5. The van der Waals surface area contributed by atoms with Gasteiger partial charge in [-0.05, 0) is 53.1 Å². The third kappa shape index (κ3) is 7.59. The summed E-state index contributed by atoms with van der Waals surface area (Å²) in [6.45, 7) is -0.0779. The molecule has 0 aromatic heterocycles. The van der Waals surface area contributed by atoms with Crippen LogP contribution < -0.4 is 19.6 Å². The maximum absolute atomic E-state index is 12.1. The molecule has 1 aliphatic heterocycles. The fourth-order valence-electron chi connectivity index (χ4n) is 3.54. The van der Waals surface area contributed by atoms with Crippen molar-refractivity contribution < 1.29 is 28.9 Å². The number of nitrogens with zero attached hydrogens (tertiary/aromatic N) is 1. The first kappa shape index (κ1) is 27.7. The molecule has 0 spiro atoms. The molecule has 4 rings (SSSR count). The number of halogens is 1. The van der Waals surface area contributed by atoms with Gasteiger partial charge in [-0.2, -0.15) is 5.10 Å². The molecule has 1 saturated heterocycles. The van der Waals surface area contributed by atoms with Crippen molar-refractivity contribution in [2.75, 3.05) is 25.2 Å². The Kier molecular flexibility index (Phi) is 9.80. The Balaban J connectivity index is 1.29. The Morgan fingerprint density at radius 3 is 2.58 bits per heavy atom. The number of hydrogen-bond acceptors (Lipinski definition) is 8.